The highest BCUT2D eigenvalue weighted by Gasteiger charge is 2.02. The lowest BCUT2D eigenvalue weighted by Crippen LogP contribution is -2.18. The Labute approximate surface area is 105 Å². The number of nitrogens with one attached hydrogen (secondary N) is 1. The first-order valence-corrected chi connectivity index (χ1v) is 5.73. The van der Waals surface area contributed by atoms with Crippen LogP contribution in [-0.4, -0.2) is 25.5 Å². The van der Waals surface area contributed by atoms with E-state index >= 15 is 0 Å². The number of nitrogens with zero attached hydrogens (tertiary/aromatic N) is 4. The van der Waals surface area contributed by atoms with Crippen molar-refractivity contribution in [2.75, 3.05) is 5.32 Å². The number of primary amides is 1. The Morgan fingerprint density at radius 1 is 1.33 bits per heavy atom. The lowest BCUT2D eigenvalue weighted by Gasteiger charge is -2.00. The Hall–Kier alpha value is -2.31. The van der Waals surface area contributed by atoms with Gasteiger partial charge in [-0.2, -0.15) is 10.2 Å². The van der Waals surface area contributed by atoms with E-state index < -0.39 is 5.91 Å². The molecular weight excluding hydrogens is 232 g/mol. The summed E-state index contributed by atoms with van der Waals surface area (Å²) in [5.41, 5.74) is 7.03. The second-order valence-corrected chi connectivity index (χ2v) is 3.95. The second-order valence-electron chi connectivity index (χ2n) is 3.95. The predicted octanol–water partition coefficient (Wildman–Crippen LogP) is 0.197. The molecule has 0 radical (unpaired) electrons. The number of aromatic nitrogens is 4. The van der Waals surface area contributed by atoms with Gasteiger partial charge in [0.25, 0.3) is 0 Å². The number of carbonyl (C=O) groups is 1. The minimum atomic E-state index is -0.408. The van der Waals surface area contributed by atoms with E-state index in [1.165, 1.54) is 4.68 Å². The normalized spacial score (nSPS) is 10.5. The van der Waals surface area contributed by atoms with Crippen LogP contribution in [0.15, 0.2) is 24.8 Å². The van der Waals surface area contributed by atoms with E-state index in [0.29, 0.717) is 6.54 Å². The van der Waals surface area contributed by atoms with Crippen molar-refractivity contribution in [1.82, 2.24) is 19.6 Å². The molecule has 2 heterocycles. The van der Waals surface area contributed by atoms with Crippen LogP contribution in [0.3, 0.4) is 0 Å². The summed E-state index contributed by atoms with van der Waals surface area (Å²) in [5, 5.41) is 11.4. The second kappa shape index (κ2) is 5.35. The van der Waals surface area contributed by atoms with Crippen LogP contribution < -0.4 is 11.1 Å². The molecule has 2 aromatic rings. The Bertz CT molecular complexity index is 529. The van der Waals surface area contributed by atoms with E-state index in [1.807, 2.05) is 24.0 Å². The van der Waals surface area contributed by atoms with Crippen LogP contribution in [0, 0.1) is 0 Å². The van der Waals surface area contributed by atoms with Crippen LogP contribution >= 0.6 is 0 Å². The molecule has 3 N–H and O–H groups in total. The number of anilines is 1. The van der Waals surface area contributed by atoms with E-state index in [-0.39, 0.29) is 6.54 Å². The molecular formula is C11H16N6O. The van der Waals surface area contributed by atoms with Gasteiger partial charge in [-0.3, -0.25) is 14.2 Å². The Kier molecular flexibility index (Phi) is 3.61. The number of hydrogen-bond donors (Lipinski definition) is 2. The summed E-state index contributed by atoms with van der Waals surface area (Å²) in [7, 11) is 0. The molecule has 18 heavy (non-hydrogen) atoms. The Balaban J connectivity index is 1.89. The molecule has 0 aromatic carbocycles. The maximum atomic E-state index is 10.7. The van der Waals surface area contributed by atoms with Crippen LogP contribution in [0.2, 0.25) is 0 Å². The first-order valence-electron chi connectivity index (χ1n) is 5.73. The highest BCUT2D eigenvalue weighted by atomic mass is 16.1. The van der Waals surface area contributed by atoms with E-state index in [1.54, 1.807) is 12.4 Å². The summed E-state index contributed by atoms with van der Waals surface area (Å²) in [5.74, 6) is -0.408. The molecule has 0 aliphatic carbocycles. The molecule has 2 aromatic heterocycles. The zero-order chi connectivity index (χ0) is 13.0. The third-order valence-electron chi connectivity index (χ3n) is 2.46. The van der Waals surface area contributed by atoms with Gasteiger partial charge in [0.05, 0.1) is 18.1 Å². The zero-order valence-electron chi connectivity index (χ0n) is 10.2. The smallest absolute Gasteiger partial charge is 0.239 e. The third-order valence-corrected chi connectivity index (χ3v) is 2.46. The van der Waals surface area contributed by atoms with E-state index in [9.17, 15) is 4.79 Å². The summed E-state index contributed by atoms with van der Waals surface area (Å²) >= 11 is 0. The molecule has 7 heteroatoms. The van der Waals surface area contributed by atoms with Gasteiger partial charge in [-0.05, 0) is 6.92 Å². The topological polar surface area (TPSA) is 90.8 Å². The van der Waals surface area contributed by atoms with Crippen LogP contribution in [0.1, 0.15) is 12.5 Å². The van der Waals surface area contributed by atoms with Gasteiger partial charge in [0.15, 0.2) is 0 Å². The number of nitrogens with two attached hydrogens (primary N) is 1. The van der Waals surface area contributed by atoms with E-state index in [4.69, 9.17) is 5.73 Å². The standard InChI is InChI=1S/C11H16N6O/c1-2-16-6-9(4-14-16)3-13-10-5-15-17(7-10)8-11(12)18/h4-7,13H,2-3,8H2,1H3,(H2,12,18). The predicted molar refractivity (Wildman–Crippen MR) is 66.6 cm³/mol. The average molecular weight is 248 g/mol. The van der Waals surface area contributed by atoms with Gasteiger partial charge in [0.1, 0.15) is 6.54 Å². The summed E-state index contributed by atoms with van der Waals surface area (Å²) in [6.07, 6.45) is 7.22. The van der Waals surface area contributed by atoms with Gasteiger partial charge in [-0.1, -0.05) is 0 Å². The average Bonchev–Trinajstić information content (AvgIpc) is 2.94. The number of amides is 1. The molecule has 0 unspecified atom stereocenters. The summed E-state index contributed by atoms with van der Waals surface area (Å²) in [4.78, 5) is 10.7. The molecule has 96 valence electrons. The SMILES string of the molecule is CCn1cc(CNc2cnn(CC(N)=O)c2)cn1. The molecule has 2 rings (SSSR count). The molecule has 0 aliphatic heterocycles. The van der Waals surface area contributed by atoms with E-state index in [0.717, 1.165) is 17.8 Å². The van der Waals surface area contributed by atoms with Crippen LogP contribution in [0.4, 0.5) is 5.69 Å². The number of carbonyl (C=O) groups excluding carboxylic acids is 1. The summed E-state index contributed by atoms with van der Waals surface area (Å²) in [6.45, 7) is 3.66. The molecule has 1 amide bonds. The third kappa shape index (κ3) is 3.09. The quantitative estimate of drug-likeness (QED) is 0.763. The molecule has 0 spiro atoms. The van der Waals surface area contributed by atoms with Crippen LogP contribution in [0.25, 0.3) is 0 Å². The molecule has 0 saturated heterocycles. The van der Waals surface area contributed by atoms with Gasteiger partial charge in [0, 0.05) is 31.0 Å². The van der Waals surface area contributed by atoms with Crippen LogP contribution in [0.5, 0.6) is 0 Å². The fourth-order valence-corrected chi connectivity index (χ4v) is 1.58. The number of rotatable bonds is 6. The summed E-state index contributed by atoms with van der Waals surface area (Å²) < 4.78 is 3.37. The zero-order valence-corrected chi connectivity index (χ0v) is 10.2. The molecule has 0 atom stereocenters. The van der Waals surface area contributed by atoms with Crippen molar-refractivity contribution in [1.29, 1.82) is 0 Å². The highest BCUT2D eigenvalue weighted by molar-refractivity contribution is 5.73. The van der Waals surface area contributed by atoms with Gasteiger partial charge in [0.2, 0.25) is 5.91 Å². The molecule has 0 aliphatic rings. The first kappa shape index (κ1) is 12.2. The summed E-state index contributed by atoms with van der Waals surface area (Å²) in [6, 6.07) is 0. The monoisotopic (exact) mass is 248 g/mol. The van der Waals surface area contributed by atoms with Crippen molar-refractivity contribution in [3.05, 3.63) is 30.4 Å². The fourth-order valence-electron chi connectivity index (χ4n) is 1.58. The Morgan fingerprint density at radius 3 is 2.78 bits per heavy atom. The highest BCUT2D eigenvalue weighted by Crippen LogP contribution is 2.07. The van der Waals surface area contributed by atoms with Crippen molar-refractivity contribution in [3.63, 3.8) is 0 Å². The number of aryl methyl sites for hydroxylation is 1. The fraction of sp³-hybridized carbons (Fsp3) is 0.364. The van der Waals surface area contributed by atoms with Crippen LogP contribution in [-0.2, 0) is 24.4 Å². The number of hydrogen-bond acceptors (Lipinski definition) is 4. The largest absolute Gasteiger partial charge is 0.378 e. The maximum absolute atomic E-state index is 10.7. The minimum Gasteiger partial charge on any atom is -0.378 e. The van der Waals surface area contributed by atoms with Gasteiger partial charge in [-0.15, -0.1) is 0 Å². The van der Waals surface area contributed by atoms with Crippen molar-refractivity contribution in [2.45, 2.75) is 26.6 Å². The van der Waals surface area contributed by atoms with E-state index in [2.05, 4.69) is 15.5 Å². The van der Waals surface area contributed by atoms with Crippen molar-refractivity contribution in [2.24, 2.45) is 5.73 Å². The lowest BCUT2D eigenvalue weighted by molar-refractivity contribution is -0.118. The molecule has 0 saturated carbocycles. The Morgan fingerprint density at radius 2 is 2.11 bits per heavy atom. The van der Waals surface area contributed by atoms with Gasteiger partial charge in [-0.25, -0.2) is 0 Å². The minimum absolute atomic E-state index is 0.0927. The van der Waals surface area contributed by atoms with Crippen molar-refractivity contribution in [3.8, 4) is 0 Å². The van der Waals surface area contributed by atoms with Crippen molar-refractivity contribution < 1.29 is 4.79 Å². The lowest BCUT2D eigenvalue weighted by atomic mass is 10.3. The van der Waals surface area contributed by atoms with Crippen molar-refractivity contribution >= 4 is 11.6 Å². The molecule has 0 bridgehead atoms. The van der Waals surface area contributed by atoms with Gasteiger partial charge < -0.3 is 11.1 Å². The molecule has 0 fully saturated rings. The molecule has 7 nitrogen and oxygen atoms in total. The maximum Gasteiger partial charge on any atom is 0.239 e. The first-order chi connectivity index (χ1) is 8.67. The van der Waals surface area contributed by atoms with Gasteiger partial charge >= 0.3 is 0 Å².